The Bertz CT molecular complexity index is 184. The molecule has 0 amide bonds. The topological polar surface area (TPSA) is 20.2 Å². The van der Waals surface area contributed by atoms with Crippen LogP contribution < -0.4 is 0 Å². The van der Waals surface area contributed by atoms with Gasteiger partial charge in [-0.05, 0) is 37.5 Å². The Hall–Kier alpha value is -0.0400. The standard InChI is InChI=1S/C13H24O/c1-11-7-8-13(14,9-11)10-12-5-3-2-4-6-12/h11-12,14H,2-10H2,1H3. The van der Waals surface area contributed by atoms with Crippen LogP contribution in [0.5, 0.6) is 0 Å². The molecule has 0 aliphatic heterocycles. The Morgan fingerprint density at radius 3 is 2.43 bits per heavy atom. The lowest BCUT2D eigenvalue weighted by Gasteiger charge is -2.30. The Balaban J connectivity index is 1.83. The lowest BCUT2D eigenvalue weighted by Crippen LogP contribution is -2.29. The van der Waals surface area contributed by atoms with Crippen LogP contribution in [0.15, 0.2) is 0 Å². The van der Waals surface area contributed by atoms with Crippen molar-refractivity contribution in [2.24, 2.45) is 11.8 Å². The molecule has 0 aromatic rings. The zero-order chi connectivity index (χ0) is 10.0. The SMILES string of the molecule is CC1CCC(O)(CC2CCCCC2)C1. The summed E-state index contributed by atoms with van der Waals surface area (Å²) in [6, 6.07) is 0. The normalized spacial score (nSPS) is 40.3. The smallest absolute Gasteiger partial charge is 0.0653 e. The molecule has 2 unspecified atom stereocenters. The highest BCUT2D eigenvalue weighted by Gasteiger charge is 2.37. The van der Waals surface area contributed by atoms with Gasteiger partial charge in [-0.15, -0.1) is 0 Å². The zero-order valence-electron chi connectivity index (χ0n) is 9.47. The minimum absolute atomic E-state index is 0.276. The van der Waals surface area contributed by atoms with Crippen LogP contribution in [0, 0.1) is 11.8 Å². The van der Waals surface area contributed by atoms with E-state index in [4.69, 9.17) is 0 Å². The average Bonchev–Trinajstić information content (AvgIpc) is 2.47. The van der Waals surface area contributed by atoms with Gasteiger partial charge in [-0.2, -0.15) is 0 Å². The van der Waals surface area contributed by atoms with Crippen LogP contribution in [0.25, 0.3) is 0 Å². The van der Waals surface area contributed by atoms with E-state index in [0.717, 1.165) is 31.1 Å². The minimum Gasteiger partial charge on any atom is -0.390 e. The summed E-state index contributed by atoms with van der Waals surface area (Å²) in [5, 5.41) is 10.4. The van der Waals surface area contributed by atoms with Crippen molar-refractivity contribution in [3.8, 4) is 0 Å². The average molecular weight is 196 g/mol. The molecule has 0 aromatic heterocycles. The molecule has 0 saturated heterocycles. The lowest BCUT2D eigenvalue weighted by atomic mass is 9.80. The molecule has 0 bridgehead atoms. The zero-order valence-corrected chi connectivity index (χ0v) is 9.47. The maximum atomic E-state index is 10.4. The predicted molar refractivity (Wildman–Crippen MR) is 59.2 cm³/mol. The summed E-state index contributed by atoms with van der Waals surface area (Å²) in [6.45, 7) is 2.28. The fraction of sp³-hybridized carbons (Fsp3) is 1.00. The first-order chi connectivity index (χ1) is 6.68. The fourth-order valence-corrected chi connectivity index (χ4v) is 3.48. The Kier molecular flexibility index (Phi) is 3.16. The highest BCUT2D eigenvalue weighted by molar-refractivity contribution is 4.89. The number of hydrogen-bond acceptors (Lipinski definition) is 1. The van der Waals surface area contributed by atoms with Crippen molar-refractivity contribution < 1.29 is 5.11 Å². The van der Waals surface area contributed by atoms with Gasteiger partial charge >= 0.3 is 0 Å². The van der Waals surface area contributed by atoms with E-state index in [1.807, 2.05) is 0 Å². The summed E-state index contributed by atoms with van der Waals surface area (Å²) in [7, 11) is 0. The first-order valence-electron chi connectivity index (χ1n) is 6.40. The Morgan fingerprint density at radius 1 is 1.14 bits per heavy atom. The highest BCUT2D eigenvalue weighted by atomic mass is 16.3. The molecule has 2 aliphatic carbocycles. The second-order valence-corrected chi connectivity index (χ2v) is 5.78. The van der Waals surface area contributed by atoms with Gasteiger partial charge in [-0.1, -0.05) is 39.0 Å². The second kappa shape index (κ2) is 4.22. The van der Waals surface area contributed by atoms with Gasteiger partial charge in [-0.25, -0.2) is 0 Å². The molecule has 2 atom stereocenters. The van der Waals surface area contributed by atoms with Crippen molar-refractivity contribution in [3.05, 3.63) is 0 Å². The molecule has 2 saturated carbocycles. The van der Waals surface area contributed by atoms with Gasteiger partial charge in [0.05, 0.1) is 5.60 Å². The molecular weight excluding hydrogens is 172 g/mol. The van der Waals surface area contributed by atoms with Crippen molar-refractivity contribution in [1.82, 2.24) is 0 Å². The molecule has 2 fully saturated rings. The van der Waals surface area contributed by atoms with Gasteiger partial charge in [0.25, 0.3) is 0 Å². The molecule has 0 spiro atoms. The largest absolute Gasteiger partial charge is 0.390 e. The first kappa shape index (κ1) is 10.5. The summed E-state index contributed by atoms with van der Waals surface area (Å²) in [4.78, 5) is 0. The maximum Gasteiger partial charge on any atom is 0.0653 e. The van der Waals surface area contributed by atoms with Gasteiger partial charge in [0.2, 0.25) is 0 Å². The molecule has 0 heterocycles. The van der Waals surface area contributed by atoms with Gasteiger partial charge in [-0.3, -0.25) is 0 Å². The molecule has 1 N–H and O–H groups in total. The summed E-state index contributed by atoms with van der Waals surface area (Å²) >= 11 is 0. The van der Waals surface area contributed by atoms with Gasteiger partial charge in [0.15, 0.2) is 0 Å². The summed E-state index contributed by atoms with van der Waals surface area (Å²) < 4.78 is 0. The Morgan fingerprint density at radius 2 is 1.86 bits per heavy atom. The van der Waals surface area contributed by atoms with Crippen LogP contribution in [0.3, 0.4) is 0 Å². The molecule has 1 nitrogen and oxygen atoms in total. The maximum absolute atomic E-state index is 10.4. The van der Waals surface area contributed by atoms with Crippen molar-refractivity contribution >= 4 is 0 Å². The second-order valence-electron chi connectivity index (χ2n) is 5.78. The van der Waals surface area contributed by atoms with Crippen LogP contribution in [-0.2, 0) is 0 Å². The number of hydrogen-bond donors (Lipinski definition) is 1. The van der Waals surface area contributed by atoms with E-state index < -0.39 is 0 Å². The molecular formula is C13H24O. The molecule has 0 aromatic carbocycles. The van der Waals surface area contributed by atoms with Gasteiger partial charge < -0.3 is 5.11 Å². The third-order valence-electron chi connectivity index (χ3n) is 4.22. The first-order valence-corrected chi connectivity index (χ1v) is 6.40. The number of rotatable bonds is 2. The molecule has 1 heteroatoms. The van der Waals surface area contributed by atoms with E-state index in [2.05, 4.69) is 6.92 Å². The fourth-order valence-electron chi connectivity index (χ4n) is 3.48. The van der Waals surface area contributed by atoms with E-state index in [1.165, 1.54) is 38.5 Å². The lowest BCUT2D eigenvalue weighted by molar-refractivity contribution is 0.0135. The summed E-state index contributed by atoms with van der Waals surface area (Å²) in [6.07, 6.45) is 11.4. The van der Waals surface area contributed by atoms with Crippen molar-refractivity contribution in [1.29, 1.82) is 0 Å². The van der Waals surface area contributed by atoms with E-state index >= 15 is 0 Å². The van der Waals surface area contributed by atoms with E-state index in [9.17, 15) is 5.11 Å². The van der Waals surface area contributed by atoms with Gasteiger partial charge in [0, 0.05) is 0 Å². The molecule has 2 aliphatic rings. The highest BCUT2D eigenvalue weighted by Crippen LogP contribution is 2.41. The van der Waals surface area contributed by atoms with Crippen LogP contribution in [0.4, 0.5) is 0 Å². The summed E-state index contributed by atoms with van der Waals surface area (Å²) in [5.41, 5.74) is -0.276. The van der Waals surface area contributed by atoms with E-state index in [-0.39, 0.29) is 5.60 Å². The van der Waals surface area contributed by atoms with Crippen LogP contribution in [-0.4, -0.2) is 10.7 Å². The van der Waals surface area contributed by atoms with E-state index in [0.29, 0.717) is 0 Å². The van der Waals surface area contributed by atoms with Crippen molar-refractivity contribution in [2.75, 3.05) is 0 Å². The third kappa shape index (κ3) is 2.50. The van der Waals surface area contributed by atoms with Crippen molar-refractivity contribution in [3.63, 3.8) is 0 Å². The molecule has 82 valence electrons. The molecule has 2 rings (SSSR count). The van der Waals surface area contributed by atoms with E-state index in [1.54, 1.807) is 0 Å². The molecule has 0 radical (unpaired) electrons. The van der Waals surface area contributed by atoms with Crippen molar-refractivity contribution in [2.45, 2.75) is 70.3 Å². The number of aliphatic hydroxyl groups is 1. The molecule has 14 heavy (non-hydrogen) atoms. The quantitative estimate of drug-likeness (QED) is 0.716. The predicted octanol–water partition coefficient (Wildman–Crippen LogP) is 3.51. The van der Waals surface area contributed by atoms with Crippen LogP contribution in [0.1, 0.15) is 64.7 Å². The van der Waals surface area contributed by atoms with Crippen LogP contribution in [0.2, 0.25) is 0 Å². The van der Waals surface area contributed by atoms with Gasteiger partial charge in [0.1, 0.15) is 0 Å². The Labute approximate surface area is 87.9 Å². The van der Waals surface area contributed by atoms with Crippen LogP contribution >= 0.6 is 0 Å². The monoisotopic (exact) mass is 196 g/mol. The third-order valence-corrected chi connectivity index (χ3v) is 4.22. The minimum atomic E-state index is -0.276. The summed E-state index contributed by atoms with van der Waals surface area (Å²) in [5.74, 6) is 1.59.